The van der Waals surface area contributed by atoms with Crippen LogP contribution in [-0.4, -0.2) is 26.7 Å². The number of nitrogens with one attached hydrogen (secondary N) is 2. The quantitative estimate of drug-likeness (QED) is 0.778. The molecule has 0 fully saturated rings. The molecule has 2 aromatic rings. The van der Waals surface area contributed by atoms with Crippen LogP contribution in [0.25, 0.3) is 0 Å². The Morgan fingerprint density at radius 3 is 2.42 bits per heavy atom. The predicted molar refractivity (Wildman–Crippen MR) is 103 cm³/mol. The van der Waals surface area contributed by atoms with Crippen molar-refractivity contribution >= 4 is 21.6 Å². The Morgan fingerprint density at radius 1 is 1.08 bits per heavy atom. The second kappa shape index (κ2) is 8.23. The Kier molecular flexibility index (Phi) is 6.26. The van der Waals surface area contributed by atoms with Gasteiger partial charge in [-0.15, -0.1) is 0 Å². The summed E-state index contributed by atoms with van der Waals surface area (Å²) in [5.74, 6) is 0.389. The first-order valence-electron chi connectivity index (χ1n) is 8.25. The van der Waals surface area contributed by atoms with Crippen molar-refractivity contribution in [3.05, 3.63) is 59.7 Å². The van der Waals surface area contributed by atoms with Crippen molar-refractivity contribution in [2.75, 3.05) is 11.0 Å². The molecule has 2 rings (SSSR count). The summed E-state index contributed by atoms with van der Waals surface area (Å²) in [5.41, 5.74) is 2.29. The van der Waals surface area contributed by atoms with Crippen LogP contribution in [0.5, 0.6) is 5.75 Å². The van der Waals surface area contributed by atoms with Crippen LogP contribution in [0.3, 0.4) is 0 Å². The van der Waals surface area contributed by atoms with Crippen LogP contribution < -0.4 is 14.8 Å². The maximum atomic E-state index is 12.4. The lowest BCUT2D eigenvalue weighted by Gasteiger charge is -2.19. The first kappa shape index (κ1) is 19.8. The third-order valence-corrected chi connectivity index (χ3v) is 4.33. The van der Waals surface area contributed by atoms with Gasteiger partial charge in [0.15, 0.2) is 6.10 Å². The van der Waals surface area contributed by atoms with E-state index in [2.05, 4.69) is 10.0 Å². The topological polar surface area (TPSA) is 84.5 Å². The molecule has 2 unspecified atom stereocenters. The summed E-state index contributed by atoms with van der Waals surface area (Å²) >= 11 is 0. The summed E-state index contributed by atoms with van der Waals surface area (Å²) in [4.78, 5) is 12.4. The van der Waals surface area contributed by atoms with Gasteiger partial charge in [-0.3, -0.25) is 9.52 Å². The van der Waals surface area contributed by atoms with Gasteiger partial charge < -0.3 is 10.1 Å². The molecular weight excluding hydrogens is 352 g/mol. The van der Waals surface area contributed by atoms with Crippen molar-refractivity contribution in [2.24, 2.45) is 0 Å². The summed E-state index contributed by atoms with van der Waals surface area (Å²) in [5, 5.41) is 2.88. The van der Waals surface area contributed by atoms with Crippen molar-refractivity contribution in [3.63, 3.8) is 0 Å². The highest BCUT2D eigenvalue weighted by atomic mass is 32.2. The van der Waals surface area contributed by atoms with Crippen LogP contribution >= 0.6 is 0 Å². The van der Waals surface area contributed by atoms with Crippen molar-refractivity contribution in [1.29, 1.82) is 0 Å². The number of rotatable bonds is 7. The van der Waals surface area contributed by atoms with E-state index in [1.54, 1.807) is 31.2 Å². The summed E-state index contributed by atoms with van der Waals surface area (Å²) < 4.78 is 30.8. The summed E-state index contributed by atoms with van der Waals surface area (Å²) in [7, 11) is -3.35. The van der Waals surface area contributed by atoms with Crippen molar-refractivity contribution < 1.29 is 17.9 Å². The predicted octanol–water partition coefficient (Wildman–Crippen LogP) is 3.01. The van der Waals surface area contributed by atoms with E-state index in [0.717, 1.165) is 17.4 Å². The fourth-order valence-electron chi connectivity index (χ4n) is 2.45. The molecule has 26 heavy (non-hydrogen) atoms. The van der Waals surface area contributed by atoms with E-state index in [1.807, 2.05) is 38.1 Å². The van der Waals surface area contributed by atoms with Crippen molar-refractivity contribution in [1.82, 2.24) is 5.32 Å². The molecule has 0 aliphatic heterocycles. The number of ether oxygens (including phenoxy) is 1. The molecule has 0 aliphatic rings. The molecule has 0 bridgehead atoms. The number of carbonyl (C=O) groups is 1. The highest BCUT2D eigenvalue weighted by Gasteiger charge is 2.18. The number of benzene rings is 2. The second-order valence-corrected chi connectivity index (χ2v) is 8.06. The minimum atomic E-state index is -3.35. The molecule has 7 heteroatoms. The number of aryl methyl sites for hydroxylation is 1. The lowest BCUT2D eigenvalue weighted by Crippen LogP contribution is -2.37. The van der Waals surface area contributed by atoms with Gasteiger partial charge in [0.2, 0.25) is 10.0 Å². The molecule has 2 N–H and O–H groups in total. The standard InChI is InChI=1S/C19H24N2O4S/c1-13-7-5-10-18(11-13)25-15(3)19(22)20-14(2)16-8-6-9-17(12-16)21-26(4,23)24/h5-12,14-15,21H,1-4H3,(H,20,22). The molecule has 6 nitrogen and oxygen atoms in total. The molecule has 0 radical (unpaired) electrons. The van der Waals surface area contributed by atoms with Crippen LogP contribution in [-0.2, 0) is 14.8 Å². The third kappa shape index (κ3) is 6.07. The molecule has 140 valence electrons. The van der Waals surface area contributed by atoms with Gasteiger partial charge in [0.25, 0.3) is 5.91 Å². The molecular formula is C19H24N2O4S. The highest BCUT2D eigenvalue weighted by Crippen LogP contribution is 2.19. The van der Waals surface area contributed by atoms with E-state index in [4.69, 9.17) is 4.74 Å². The van der Waals surface area contributed by atoms with Gasteiger partial charge in [0, 0.05) is 5.69 Å². The van der Waals surface area contributed by atoms with Crippen molar-refractivity contribution in [3.8, 4) is 5.75 Å². The zero-order valence-electron chi connectivity index (χ0n) is 15.3. The molecule has 0 aliphatic carbocycles. The maximum absolute atomic E-state index is 12.4. The molecule has 0 aromatic heterocycles. The van der Waals surface area contributed by atoms with Gasteiger partial charge >= 0.3 is 0 Å². The van der Waals surface area contributed by atoms with Crippen LogP contribution in [0.15, 0.2) is 48.5 Å². The fraction of sp³-hybridized carbons (Fsp3) is 0.316. The van der Waals surface area contributed by atoms with Crippen molar-refractivity contribution in [2.45, 2.75) is 32.9 Å². The fourth-order valence-corrected chi connectivity index (χ4v) is 3.00. The second-order valence-electron chi connectivity index (χ2n) is 6.31. The maximum Gasteiger partial charge on any atom is 0.261 e. The van der Waals surface area contributed by atoms with Crippen LogP contribution in [0, 0.1) is 6.92 Å². The summed E-state index contributed by atoms with van der Waals surface area (Å²) in [6, 6.07) is 14.1. The molecule has 2 atom stereocenters. The van der Waals surface area contributed by atoms with E-state index in [1.165, 1.54) is 0 Å². The van der Waals surface area contributed by atoms with Crippen LogP contribution in [0.4, 0.5) is 5.69 Å². The number of carbonyl (C=O) groups excluding carboxylic acids is 1. The van der Waals surface area contributed by atoms with E-state index < -0.39 is 16.1 Å². The number of hydrogen-bond donors (Lipinski definition) is 2. The van der Waals surface area contributed by atoms with E-state index >= 15 is 0 Å². The average molecular weight is 376 g/mol. The first-order chi connectivity index (χ1) is 12.1. The molecule has 0 saturated carbocycles. The van der Waals surface area contributed by atoms with Gasteiger partial charge in [-0.1, -0.05) is 24.3 Å². The SMILES string of the molecule is Cc1cccc(OC(C)C(=O)NC(C)c2cccc(NS(C)(=O)=O)c2)c1. The molecule has 0 heterocycles. The Hall–Kier alpha value is -2.54. The molecule has 2 aromatic carbocycles. The minimum absolute atomic E-state index is 0.250. The summed E-state index contributed by atoms with van der Waals surface area (Å²) in [6.45, 7) is 5.47. The number of hydrogen-bond acceptors (Lipinski definition) is 4. The lowest BCUT2D eigenvalue weighted by atomic mass is 10.1. The van der Waals surface area contributed by atoms with Crippen LogP contribution in [0.1, 0.15) is 31.0 Å². The van der Waals surface area contributed by atoms with E-state index in [9.17, 15) is 13.2 Å². The molecule has 1 amide bonds. The van der Waals surface area contributed by atoms with Gasteiger partial charge in [-0.2, -0.15) is 0 Å². The van der Waals surface area contributed by atoms with Gasteiger partial charge in [0.05, 0.1) is 12.3 Å². The lowest BCUT2D eigenvalue weighted by molar-refractivity contribution is -0.127. The minimum Gasteiger partial charge on any atom is -0.481 e. The number of amides is 1. The zero-order valence-corrected chi connectivity index (χ0v) is 16.1. The normalized spacial score (nSPS) is 13.5. The van der Waals surface area contributed by atoms with Gasteiger partial charge in [0.1, 0.15) is 5.75 Å². The molecule has 0 saturated heterocycles. The van der Waals surface area contributed by atoms with E-state index in [0.29, 0.717) is 11.4 Å². The largest absolute Gasteiger partial charge is 0.481 e. The Morgan fingerprint density at radius 2 is 1.77 bits per heavy atom. The highest BCUT2D eigenvalue weighted by molar-refractivity contribution is 7.92. The smallest absolute Gasteiger partial charge is 0.261 e. The monoisotopic (exact) mass is 376 g/mol. The Labute approximate surface area is 154 Å². The third-order valence-electron chi connectivity index (χ3n) is 3.72. The van der Waals surface area contributed by atoms with E-state index in [-0.39, 0.29) is 11.9 Å². The summed E-state index contributed by atoms with van der Waals surface area (Å²) in [6.07, 6.45) is 0.437. The Bertz CT molecular complexity index is 881. The number of anilines is 1. The van der Waals surface area contributed by atoms with Crippen LogP contribution in [0.2, 0.25) is 0 Å². The van der Waals surface area contributed by atoms with Gasteiger partial charge in [-0.05, 0) is 56.2 Å². The average Bonchev–Trinajstić information content (AvgIpc) is 2.53. The van der Waals surface area contributed by atoms with Gasteiger partial charge in [-0.25, -0.2) is 8.42 Å². The zero-order chi connectivity index (χ0) is 19.3. The number of sulfonamides is 1. The Balaban J connectivity index is 2.01. The first-order valence-corrected chi connectivity index (χ1v) is 10.1. The molecule has 0 spiro atoms.